The summed E-state index contributed by atoms with van der Waals surface area (Å²) in [6.07, 6.45) is 10.8. The number of urea groups is 2. The second-order valence-electron chi connectivity index (χ2n) is 12.9. The molecule has 0 bridgehead atoms. The van der Waals surface area contributed by atoms with Gasteiger partial charge in [-0.05, 0) is 48.6 Å². The fourth-order valence-corrected chi connectivity index (χ4v) is 5.52. The van der Waals surface area contributed by atoms with E-state index in [-0.39, 0.29) is 12.8 Å². The summed E-state index contributed by atoms with van der Waals surface area (Å²) in [4.78, 5) is 52.5. The Hall–Kier alpha value is -4.86. The molecule has 276 valence electrons. The average molecular weight is 701 g/mol. The van der Waals surface area contributed by atoms with Crippen molar-refractivity contribution in [2.75, 3.05) is 23.8 Å². The molecule has 0 heterocycles. The molecule has 0 aliphatic rings. The van der Waals surface area contributed by atoms with Gasteiger partial charge in [-0.3, -0.25) is 0 Å². The number of amides is 4. The van der Waals surface area contributed by atoms with E-state index < -0.39 is 36.1 Å². The fourth-order valence-electron chi connectivity index (χ4n) is 5.52. The van der Waals surface area contributed by atoms with Crippen molar-refractivity contribution in [1.82, 2.24) is 10.6 Å². The maximum atomic E-state index is 13.2. The topological polar surface area (TPSA) is 135 Å². The maximum Gasteiger partial charge on any atom is 0.329 e. The van der Waals surface area contributed by atoms with Crippen molar-refractivity contribution in [1.29, 1.82) is 0 Å². The number of anilines is 2. The summed E-state index contributed by atoms with van der Waals surface area (Å²) in [5, 5.41) is 11.1. The summed E-state index contributed by atoms with van der Waals surface area (Å²) in [6.45, 7) is 6.72. The molecular weight excluding hydrogens is 644 g/mol. The summed E-state index contributed by atoms with van der Waals surface area (Å²) in [5.41, 5.74) is 3.36. The molecule has 0 fully saturated rings. The highest BCUT2D eigenvalue weighted by molar-refractivity contribution is 5.96. The zero-order valence-corrected chi connectivity index (χ0v) is 30.5. The number of ether oxygens (including phenoxy) is 2. The third-order valence-electron chi connectivity index (χ3n) is 8.47. The number of carbonyl (C=O) groups excluding carboxylic acids is 4. The number of carbonyl (C=O) groups is 4. The summed E-state index contributed by atoms with van der Waals surface area (Å²) in [6, 6.07) is 21.0. The summed E-state index contributed by atoms with van der Waals surface area (Å²) in [5.74, 6) is -0.985. The van der Waals surface area contributed by atoms with Crippen molar-refractivity contribution in [2.45, 2.75) is 110 Å². The Balaban J connectivity index is 1.62. The lowest BCUT2D eigenvalue weighted by Gasteiger charge is -2.20. The first-order chi connectivity index (χ1) is 24.8. The molecule has 51 heavy (non-hydrogen) atoms. The Kier molecular flexibility index (Phi) is 18.7. The highest BCUT2D eigenvalue weighted by atomic mass is 16.5. The smallest absolute Gasteiger partial charge is 0.329 e. The number of rotatable bonds is 22. The van der Waals surface area contributed by atoms with E-state index in [0.29, 0.717) is 24.6 Å². The number of hydrogen-bond donors (Lipinski definition) is 4. The largest absolute Gasteiger partial charge is 0.464 e. The average Bonchev–Trinajstić information content (AvgIpc) is 3.12. The molecule has 10 heteroatoms. The molecule has 0 spiro atoms. The normalized spacial score (nSPS) is 11.9. The van der Waals surface area contributed by atoms with E-state index in [1.54, 1.807) is 18.2 Å². The van der Waals surface area contributed by atoms with Crippen LogP contribution >= 0.6 is 0 Å². The second-order valence-corrected chi connectivity index (χ2v) is 12.9. The van der Waals surface area contributed by atoms with Gasteiger partial charge in [0.25, 0.3) is 0 Å². The monoisotopic (exact) mass is 700 g/mol. The van der Waals surface area contributed by atoms with E-state index in [2.05, 4.69) is 35.1 Å². The van der Waals surface area contributed by atoms with Crippen LogP contribution in [0, 0.1) is 6.92 Å². The minimum atomic E-state index is -0.895. The molecule has 3 rings (SSSR count). The molecular formula is C41H56N4O6. The second kappa shape index (κ2) is 23.5. The molecule has 3 aromatic carbocycles. The third kappa shape index (κ3) is 16.1. The molecule has 0 radical (unpaired) electrons. The van der Waals surface area contributed by atoms with Crippen LogP contribution in [0.15, 0.2) is 78.9 Å². The Labute approximate surface area is 303 Å². The molecule has 0 unspecified atom stereocenters. The van der Waals surface area contributed by atoms with Crippen molar-refractivity contribution < 1.29 is 28.7 Å². The SMILES string of the molecule is CCCCCCCOC(=O)[C@H](Cc1ccccc1)NC(=O)Nc1ccc(C)c(NC(=O)N[C@@H](Cc2ccccc2)C(=O)OCCCCCCC)c1. The van der Waals surface area contributed by atoms with Crippen LogP contribution in [0.2, 0.25) is 0 Å². The molecule has 0 saturated heterocycles. The van der Waals surface area contributed by atoms with Crippen molar-refractivity contribution in [3.05, 3.63) is 95.6 Å². The van der Waals surface area contributed by atoms with Gasteiger partial charge >= 0.3 is 24.0 Å². The Morgan fingerprint density at radius 2 is 1.02 bits per heavy atom. The van der Waals surface area contributed by atoms with Crippen LogP contribution in [0.25, 0.3) is 0 Å². The highest BCUT2D eigenvalue weighted by Gasteiger charge is 2.25. The van der Waals surface area contributed by atoms with E-state index in [1.807, 2.05) is 67.6 Å². The van der Waals surface area contributed by atoms with Gasteiger partial charge < -0.3 is 30.7 Å². The zero-order valence-electron chi connectivity index (χ0n) is 30.5. The van der Waals surface area contributed by atoms with E-state index in [4.69, 9.17) is 9.47 Å². The van der Waals surface area contributed by atoms with Gasteiger partial charge in [0.05, 0.1) is 13.2 Å². The third-order valence-corrected chi connectivity index (χ3v) is 8.47. The number of benzene rings is 3. The fraction of sp³-hybridized carbons (Fsp3) is 0.463. The minimum Gasteiger partial charge on any atom is -0.464 e. The molecule has 10 nitrogen and oxygen atoms in total. The first-order valence-electron chi connectivity index (χ1n) is 18.5. The van der Waals surface area contributed by atoms with Gasteiger partial charge in [0.2, 0.25) is 0 Å². The van der Waals surface area contributed by atoms with Gasteiger partial charge in [-0.15, -0.1) is 0 Å². The molecule has 0 aliphatic carbocycles. The summed E-state index contributed by atoms with van der Waals surface area (Å²) in [7, 11) is 0. The van der Waals surface area contributed by atoms with Gasteiger partial charge in [0.1, 0.15) is 12.1 Å². The van der Waals surface area contributed by atoms with Crippen molar-refractivity contribution in [3.63, 3.8) is 0 Å². The minimum absolute atomic E-state index is 0.273. The van der Waals surface area contributed by atoms with E-state index in [1.165, 1.54) is 0 Å². The standard InChI is InChI=1S/C41H56N4O6/c1-4-6-8-10-18-26-50-38(46)36(28-32-20-14-12-15-21-32)44-40(48)42-34-25-24-31(3)35(30-34)43-41(49)45-37(29-33-22-16-13-17-23-33)39(47)51-27-19-11-9-7-5-2/h12-17,20-25,30,36-37H,4-11,18-19,26-29H2,1-3H3,(H2,42,44,48)(H2,43,45,49)/t36-,37-/m0/s1. The number of nitrogens with one attached hydrogen (secondary N) is 4. The van der Waals surface area contributed by atoms with E-state index in [9.17, 15) is 19.2 Å². The van der Waals surface area contributed by atoms with Gasteiger partial charge in [-0.25, -0.2) is 19.2 Å². The van der Waals surface area contributed by atoms with Gasteiger partial charge in [0, 0.05) is 24.2 Å². The van der Waals surface area contributed by atoms with Gasteiger partial charge in [-0.1, -0.05) is 132 Å². The Morgan fingerprint density at radius 1 is 0.569 bits per heavy atom. The van der Waals surface area contributed by atoms with Crippen LogP contribution in [0.5, 0.6) is 0 Å². The van der Waals surface area contributed by atoms with Crippen LogP contribution in [0.1, 0.15) is 94.7 Å². The number of esters is 2. The number of unbranched alkanes of at least 4 members (excludes halogenated alkanes) is 8. The lowest BCUT2D eigenvalue weighted by atomic mass is 10.1. The van der Waals surface area contributed by atoms with Crippen molar-refractivity contribution in [3.8, 4) is 0 Å². The molecule has 2 atom stereocenters. The first kappa shape index (κ1) is 40.6. The van der Waals surface area contributed by atoms with E-state index in [0.717, 1.165) is 80.9 Å². The lowest BCUT2D eigenvalue weighted by Crippen LogP contribution is -2.45. The predicted molar refractivity (Wildman–Crippen MR) is 203 cm³/mol. The van der Waals surface area contributed by atoms with Gasteiger partial charge in [-0.2, -0.15) is 0 Å². The molecule has 0 aliphatic heterocycles. The lowest BCUT2D eigenvalue weighted by molar-refractivity contribution is -0.146. The Morgan fingerprint density at radius 3 is 1.49 bits per heavy atom. The molecule has 3 aromatic rings. The van der Waals surface area contributed by atoms with Crippen LogP contribution in [-0.2, 0) is 31.9 Å². The maximum absolute atomic E-state index is 13.2. The molecule has 0 saturated carbocycles. The van der Waals surface area contributed by atoms with Crippen molar-refractivity contribution in [2.24, 2.45) is 0 Å². The number of hydrogen-bond acceptors (Lipinski definition) is 6. The van der Waals surface area contributed by atoms with Crippen LogP contribution in [-0.4, -0.2) is 49.3 Å². The molecule has 0 aromatic heterocycles. The van der Waals surface area contributed by atoms with Gasteiger partial charge in [0.15, 0.2) is 0 Å². The van der Waals surface area contributed by atoms with Crippen LogP contribution in [0.4, 0.5) is 21.0 Å². The van der Waals surface area contributed by atoms with Crippen molar-refractivity contribution >= 4 is 35.4 Å². The molecule has 4 amide bonds. The Bertz CT molecular complexity index is 1480. The quantitative estimate of drug-likeness (QED) is 0.0614. The molecule has 4 N–H and O–H groups in total. The summed E-state index contributed by atoms with van der Waals surface area (Å²) < 4.78 is 11.1. The van der Waals surface area contributed by atoms with Crippen LogP contribution < -0.4 is 21.3 Å². The first-order valence-corrected chi connectivity index (χ1v) is 18.5. The number of aryl methyl sites for hydroxylation is 1. The van der Waals surface area contributed by atoms with Crippen LogP contribution in [0.3, 0.4) is 0 Å². The highest BCUT2D eigenvalue weighted by Crippen LogP contribution is 2.21. The summed E-state index contributed by atoms with van der Waals surface area (Å²) >= 11 is 0. The van der Waals surface area contributed by atoms with E-state index >= 15 is 0 Å². The zero-order chi connectivity index (χ0) is 36.7. The predicted octanol–water partition coefficient (Wildman–Crippen LogP) is 8.49.